The highest BCUT2D eigenvalue weighted by molar-refractivity contribution is 5.69. The van der Waals surface area contributed by atoms with E-state index in [0.717, 1.165) is 29.9 Å². The molecule has 116 valence electrons. The number of hydrogen-bond acceptors (Lipinski definition) is 4. The SMILES string of the molecule is Nc1ncccc1-c1nccn1-c1ccc(C2(N)CCC2)cc1. The number of rotatable bonds is 3. The maximum absolute atomic E-state index is 6.39. The molecule has 0 aliphatic heterocycles. The smallest absolute Gasteiger partial charge is 0.148 e. The molecule has 2 heterocycles. The van der Waals surface area contributed by atoms with Crippen LogP contribution in [-0.2, 0) is 5.54 Å². The summed E-state index contributed by atoms with van der Waals surface area (Å²) in [6.07, 6.45) is 8.72. The van der Waals surface area contributed by atoms with Gasteiger partial charge in [0.2, 0.25) is 0 Å². The second-order valence-corrected chi connectivity index (χ2v) is 6.11. The minimum atomic E-state index is -0.135. The van der Waals surface area contributed by atoms with E-state index in [0.29, 0.717) is 5.82 Å². The van der Waals surface area contributed by atoms with Crippen LogP contribution in [0.5, 0.6) is 0 Å². The van der Waals surface area contributed by atoms with Crippen LogP contribution in [-0.4, -0.2) is 14.5 Å². The predicted octanol–water partition coefficient (Wildman–Crippen LogP) is 2.85. The van der Waals surface area contributed by atoms with Crippen molar-refractivity contribution in [2.75, 3.05) is 5.73 Å². The molecule has 0 unspecified atom stereocenters. The summed E-state index contributed by atoms with van der Waals surface area (Å²) in [4.78, 5) is 8.58. The van der Waals surface area contributed by atoms with Crippen LogP contribution < -0.4 is 11.5 Å². The van der Waals surface area contributed by atoms with Crippen molar-refractivity contribution in [2.24, 2.45) is 5.73 Å². The average Bonchev–Trinajstić information content (AvgIpc) is 3.02. The fourth-order valence-corrected chi connectivity index (χ4v) is 3.12. The maximum Gasteiger partial charge on any atom is 0.148 e. The van der Waals surface area contributed by atoms with Gasteiger partial charge in [0.25, 0.3) is 0 Å². The Balaban J connectivity index is 1.72. The Morgan fingerprint density at radius 2 is 1.78 bits per heavy atom. The number of nitrogen functional groups attached to an aromatic ring is 1. The first-order valence-corrected chi connectivity index (χ1v) is 7.81. The molecule has 1 fully saturated rings. The van der Waals surface area contributed by atoms with Crippen molar-refractivity contribution in [1.82, 2.24) is 14.5 Å². The zero-order valence-electron chi connectivity index (χ0n) is 12.8. The van der Waals surface area contributed by atoms with E-state index >= 15 is 0 Å². The van der Waals surface area contributed by atoms with Crippen molar-refractivity contribution in [2.45, 2.75) is 24.8 Å². The summed E-state index contributed by atoms with van der Waals surface area (Å²) in [5.41, 5.74) is 15.3. The summed E-state index contributed by atoms with van der Waals surface area (Å²) in [7, 11) is 0. The highest BCUT2D eigenvalue weighted by Crippen LogP contribution is 2.38. The van der Waals surface area contributed by atoms with Crippen LogP contribution in [0.15, 0.2) is 55.0 Å². The molecular formula is C18H19N5. The minimum Gasteiger partial charge on any atom is -0.383 e. The van der Waals surface area contributed by atoms with Gasteiger partial charge in [-0.15, -0.1) is 0 Å². The third kappa shape index (κ3) is 2.29. The second kappa shape index (κ2) is 5.21. The van der Waals surface area contributed by atoms with E-state index in [1.807, 2.05) is 22.9 Å². The minimum absolute atomic E-state index is 0.135. The lowest BCUT2D eigenvalue weighted by molar-refractivity contribution is 0.253. The molecule has 2 aromatic heterocycles. The van der Waals surface area contributed by atoms with Crippen LogP contribution in [0.25, 0.3) is 17.1 Å². The summed E-state index contributed by atoms with van der Waals surface area (Å²) in [6.45, 7) is 0. The molecule has 0 atom stereocenters. The largest absolute Gasteiger partial charge is 0.383 e. The van der Waals surface area contributed by atoms with Crippen molar-refractivity contribution < 1.29 is 0 Å². The standard InChI is InChI=1S/C18H19N5/c19-16-15(3-1-10-21-16)17-22-11-12-23(17)14-6-4-13(5-7-14)18(20)8-2-9-18/h1,3-7,10-12H,2,8-9,20H2,(H2,19,21). The Bertz CT molecular complexity index is 831. The van der Waals surface area contributed by atoms with Crippen LogP contribution in [0.4, 0.5) is 5.82 Å². The summed E-state index contributed by atoms with van der Waals surface area (Å²) in [5, 5.41) is 0. The normalized spacial score (nSPS) is 16.0. The van der Waals surface area contributed by atoms with Gasteiger partial charge in [0, 0.05) is 29.8 Å². The van der Waals surface area contributed by atoms with Crippen LogP contribution >= 0.6 is 0 Å². The average molecular weight is 305 g/mol. The van der Waals surface area contributed by atoms with Crippen LogP contribution in [0.3, 0.4) is 0 Å². The van der Waals surface area contributed by atoms with Gasteiger partial charge in [-0.1, -0.05) is 12.1 Å². The first kappa shape index (κ1) is 14.0. The number of nitrogens with zero attached hydrogens (tertiary/aromatic N) is 3. The van der Waals surface area contributed by atoms with Gasteiger partial charge >= 0.3 is 0 Å². The summed E-state index contributed by atoms with van der Waals surface area (Å²) in [5.74, 6) is 1.27. The molecule has 23 heavy (non-hydrogen) atoms. The Morgan fingerprint density at radius 3 is 2.43 bits per heavy atom. The van der Waals surface area contributed by atoms with Crippen molar-refractivity contribution in [3.05, 3.63) is 60.6 Å². The van der Waals surface area contributed by atoms with Gasteiger partial charge < -0.3 is 11.5 Å². The third-order valence-electron chi connectivity index (χ3n) is 4.69. The Kier molecular flexibility index (Phi) is 3.16. The van der Waals surface area contributed by atoms with Crippen molar-refractivity contribution in [3.63, 3.8) is 0 Å². The lowest BCUT2D eigenvalue weighted by Gasteiger charge is -2.38. The summed E-state index contributed by atoms with van der Waals surface area (Å²) < 4.78 is 2.01. The van der Waals surface area contributed by atoms with E-state index in [9.17, 15) is 0 Å². The number of aromatic nitrogens is 3. The van der Waals surface area contributed by atoms with Crippen molar-refractivity contribution in [1.29, 1.82) is 0 Å². The quantitative estimate of drug-likeness (QED) is 0.779. The van der Waals surface area contributed by atoms with Gasteiger partial charge in [-0.3, -0.25) is 4.57 Å². The zero-order valence-corrected chi connectivity index (χ0v) is 12.8. The van der Waals surface area contributed by atoms with Crippen molar-refractivity contribution in [3.8, 4) is 17.1 Å². The monoisotopic (exact) mass is 305 g/mol. The summed E-state index contributed by atoms with van der Waals surface area (Å²) >= 11 is 0. The van der Waals surface area contributed by atoms with Gasteiger partial charge in [-0.2, -0.15) is 0 Å². The molecular weight excluding hydrogens is 286 g/mol. The molecule has 0 radical (unpaired) electrons. The van der Waals surface area contributed by atoms with E-state index in [1.54, 1.807) is 12.4 Å². The predicted molar refractivity (Wildman–Crippen MR) is 90.9 cm³/mol. The number of hydrogen-bond donors (Lipinski definition) is 2. The molecule has 0 spiro atoms. The van der Waals surface area contributed by atoms with Crippen LogP contribution in [0.1, 0.15) is 24.8 Å². The molecule has 0 bridgehead atoms. The molecule has 1 aliphatic carbocycles. The fourth-order valence-electron chi connectivity index (χ4n) is 3.12. The Hall–Kier alpha value is -2.66. The Labute approximate surface area is 135 Å². The molecule has 4 N–H and O–H groups in total. The first-order chi connectivity index (χ1) is 11.2. The molecule has 5 nitrogen and oxygen atoms in total. The number of pyridine rings is 1. The van der Waals surface area contributed by atoms with Gasteiger partial charge in [-0.25, -0.2) is 9.97 Å². The van der Waals surface area contributed by atoms with Gasteiger partial charge in [0.1, 0.15) is 11.6 Å². The lowest BCUT2D eigenvalue weighted by atomic mass is 9.73. The zero-order chi connectivity index (χ0) is 15.9. The first-order valence-electron chi connectivity index (χ1n) is 7.81. The van der Waals surface area contributed by atoms with E-state index in [4.69, 9.17) is 11.5 Å². The number of nitrogens with two attached hydrogens (primary N) is 2. The van der Waals surface area contributed by atoms with Gasteiger partial charge in [0.05, 0.1) is 5.56 Å². The highest BCUT2D eigenvalue weighted by Gasteiger charge is 2.34. The third-order valence-corrected chi connectivity index (χ3v) is 4.69. The number of anilines is 1. The summed E-state index contributed by atoms with van der Waals surface area (Å²) in [6, 6.07) is 12.2. The molecule has 0 saturated heterocycles. The molecule has 3 aromatic rings. The van der Waals surface area contributed by atoms with Crippen molar-refractivity contribution >= 4 is 5.82 Å². The number of imidazole rings is 1. The molecule has 1 saturated carbocycles. The molecule has 4 rings (SSSR count). The molecule has 1 aliphatic rings. The topological polar surface area (TPSA) is 82.8 Å². The molecule has 0 amide bonds. The van der Waals surface area contributed by atoms with Gasteiger partial charge in [0.15, 0.2) is 0 Å². The van der Waals surface area contributed by atoms with E-state index < -0.39 is 0 Å². The lowest BCUT2D eigenvalue weighted by Crippen LogP contribution is -2.43. The van der Waals surface area contributed by atoms with E-state index in [2.05, 4.69) is 34.2 Å². The Morgan fingerprint density at radius 1 is 1.00 bits per heavy atom. The maximum atomic E-state index is 6.39. The highest BCUT2D eigenvalue weighted by atomic mass is 15.1. The van der Waals surface area contributed by atoms with Gasteiger partial charge in [-0.05, 0) is 49.1 Å². The molecule has 5 heteroatoms. The second-order valence-electron chi connectivity index (χ2n) is 6.11. The fraction of sp³-hybridized carbons (Fsp3) is 0.222. The molecule has 1 aromatic carbocycles. The van der Waals surface area contributed by atoms with E-state index in [-0.39, 0.29) is 5.54 Å². The number of benzene rings is 1. The van der Waals surface area contributed by atoms with E-state index in [1.165, 1.54) is 12.0 Å². The van der Waals surface area contributed by atoms with Crippen LogP contribution in [0, 0.1) is 0 Å². The van der Waals surface area contributed by atoms with Crippen LogP contribution in [0.2, 0.25) is 0 Å².